The van der Waals surface area contributed by atoms with Crippen molar-refractivity contribution in [3.05, 3.63) is 39.7 Å². The highest BCUT2D eigenvalue weighted by Gasteiger charge is 2.07. The highest BCUT2D eigenvalue weighted by atomic mass is 79.9. The minimum Gasteiger partial charge on any atom is -0.495 e. The fourth-order valence-electron chi connectivity index (χ4n) is 1.78. The molecular formula is C14H15BrClN3O. The van der Waals surface area contributed by atoms with Gasteiger partial charge in [0.2, 0.25) is 0 Å². The summed E-state index contributed by atoms with van der Waals surface area (Å²) in [5.41, 5.74) is 0.819. The second-order valence-corrected chi connectivity index (χ2v) is 5.51. The summed E-state index contributed by atoms with van der Waals surface area (Å²) in [5.74, 6) is 2.13. The molecule has 0 aliphatic carbocycles. The van der Waals surface area contributed by atoms with Crippen LogP contribution in [0.5, 0.6) is 5.75 Å². The number of hydrogen-bond donors (Lipinski definition) is 1. The molecule has 6 heteroatoms. The predicted molar refractivity (Wildman–Crippen MR) is 85.0 cm³/mol. The van der Waals surface area contributed by atoms with Crippen molar-refractivity contribution < 1.29 is 4.74 Å². The van der Waals surface area contributed by atoms with Gasteiger partial charge in [0.15, 0.2) is 0 Å². The van der Waals surface area contributed by atoms with Crippen LogP contribution in [0.4, 0.5) is 11.5 Å². The molecule has 1 aromatic carbocycles. The van der Waals surface area contributed by atoms with Gasteiger partial charge in [0.1, 0.15) is 22.5 Å². The first-order valence-corrected chi connectivity index (χ1v) is 7.43. The van der Waals surface area contributed by atoms with E-state index in [2.05, 4.69) is 38.1 Å². The van der Waals surface area contributed by atoms with Crippen LogP contribution in [0.15, 0.2) is 28.7 Å². The second kappa shape index (κ2) is 6.90. The lowest BCUT2D eigenvalue weighted by molar-refractivity contribution is 0.416. The van der Waals surface area contributed by atoms with Gasteiger partial charge in [0.25, 0.3) is 0 Å². The topological polar surface area (TPSA) is 47.0 Å². The number of halogens is 2. The third-order valence-electron chi connectivity index (χ3n) is 2.64. The van der Waals surface area contributed by atoms with E-state index in [1.165, 1.54) is 0 Å². The first-order chi connectivity index (χ1) is 9.62. The fourth-order valence-corrected chi connectivity index (χ4v) is 2.34. The minimum atomic E-state index is 0.430. The van der Waals surface area contributed by atoms with Crippen LogP contribution in [0, 0.1) is 0 Å². The van der Waals surface area contributed by atoms with Crippen LogP contribution >= 0.6 is 27.5 Å². The first kappa shape index (κ1) is 15.1. The lowest BCUT2D eigenvalue weighted by atomic mass is 10.3. The summed E-state index contributed by atoms with van der Waals surface area (Å²) >= 11 is 9.46. The van der Waals surface area contributed by atoms with Gasteiger partial charge in [-0.05, 0) is 24.6 Å². The van der Waals surface area contributed by atoms with Gasteiger partial charge in [-0.25, -0.2) is 9.97 Å². The summed E-state index contributed by atoms with van der Waals surface area (Å²) in [6.45, 7) is 2.08. The van der Waals surface area contributed by atoms with Gasteiger partial charge in [-0.3, -0.25) is 0 Å². The van der Waals surface area contributed by atoms with Gasteiger partial charge >= 0.3 is 0 Å². The van der Waals surface area contributed by atoms with E-state index in [-0.39, 0.29) is 0 Å². The van der Waals surface area contributed by atoms with Crippen molar-refractivity contribution in [1.82, 2.24) is 9.97 Å². The summed E-state index contributed by atoms with van der Waals surface area (Å²) in [7, 11) is 1.63. The van der Waals surface area contributed by atoms with E-state index in [0.29, 0.717) is 11.0 Å². The Hall–Kier alpha value is -1.33. The van der Waals surface area contributed by atoms with Crippen LogP contribution in [-0.4, -0.2) is 17.1 Å². The predicted octanol–water partition coefficient (Wildman–Crippen LogP) is 4.60. The van der Waals surface area contributed by atoms with E-state index < -0.39 is 0 Å². The number of benzene rings is 1. The van der Waals surface area contributed by atoms with Crippen LogP contribution < -0.4 is 10.1 Å². The molecule has 0 unspecified atom stereocenters. The standard InChI is InChI=1S/C14H15BrClN3O/c1-3-4-13-18-12(16)8-14(19-13)17-10-7-9(15)5-6-11(10)20-2/h5-8H,3-4H2,1-2H3,(H,17,18,19). The Morgan fingerprint density at radius 3 is 2.80 bits per heavy atom. The number of methoxy groups -OCH3 is 1. The molecule has 0 amide bonds. The Morgan fingerprint density at radius 2 is 2.10 bits per heavy atom. The quantitative estimate of drug-likeness (QED) is 0.796. The molecule has 20 heavy (non-hydrogen) atoms. The Kier molecular flexibility index (Phi) is 5.20. The summed E-state index contributed by atoms with van der Waals surface area (Å²) in [5, 5.41) is 3.64. The van der Waals surface area contributed by atoms with Gasteiger partial charge in [-0.15, -0.1) is 0 Å². The summed E-state index contributed by atoms with van der Waals surface area (Å²) < 4.78 is 6.27. The second-order valence-electron chi connectivity index (χ2n) is 4.21. The van der Waals surface area contributed by atoms with Crippen molar-refractivity contribution >= 4 is 39.0 Å². The Labute approximate surface area is 131 Å². The molecular weight excluding hydrogens is 342 g/mol. The van der Waals surface area contributed by atoms with E-state index in [4.69, 9.17) is 16.3 Å². The molecule has 4 nitrogen and oxygen atoms in total. The zero-order valence-electron chi connectivity index (χ0n) is 11.3. The molecule has 1 aromatic heterocycles. The van der Waals surface area contributed by atoms with E-state index in [0.717, 1.165) is 34.6 Å². The molecule has 106 valence electrons. The molecule has 0 bridgehead atoms. The summed E-state index contributed by atoms with van der Waals surface area (Å²) in [4.78, 5) is 8.65. The average Bonchev–Trinajstić information content (AvgIpc) is 2.38. The van der Waals surface area contributed by atoms with Crippen molar-refractivity contribution in [2.75, 3.05) is 12.4 Å². The molecule has 0 aliphatic heterocycles. The van der Waals surface area contributed by atoms with Gasteiger partial charge in [-0.2, -0.15) is 0 Å². The number of ether oxygens (including phenoxy) is 1. The minimum absolute atomic E-state index is 0.430. The molecule has 0 radical (unpaired) electrons. The normalized spacial score (nSPS) is 10.4. The number of anilines is 2. The van der Waals surface area contributed by atoms with Crippen LogP contribution in [-0.2, 0) is 6.42 Å². The summed E-state index contributed by atoms with van der Waals surface area (Å²) in [6.07, 6.45) is 1.77. The van der Waals surface area contributed by atoms with Gasteiger partial charge in [-0.1, -0.05) is 34.5 Å². The van der Waals surface area contributed by atoms with E-state index >= 15 is 0 Å². The zero-order valence-corrected chi connectivity index (χ0v) is 13.6. The number of hydrogen-bond acceptors (Lipinski definition) is 4. The number of rotatable bonds is 5. The number of nitrogens with zero attached hydrogens (tertiary/aromatic N) is 2. The molecule has 0 aliphatic rings. The SMILES string of the molecule is CCCc1nc(Cl)cc(Nc2cc(Br)ccc2OC)n1. The van der Waals surface area contributed by atoms with Crippen molar-refractivity contribution in [3.63, 3.8) is 0 Å². The Bertz CT molecular complexity index is 607. The van der Waals surface area contributed by atoms with Crippen LogP contribution in [0.25, 0.3) is 0 Å². The molecule has 0 spiro atoms. The average molecular weight is 357 g/mol. The summed E-state index contributed by atoms with van der Waals surface area (Å²) in [6, 6.07) is 7.41. The smallest absolute Gasteiger partial charge is 0.142 e. The largest absolute Gasteiger partial charge is 0.495 e. The van der Waals surface area contributed by atoms with Gasteiger partial charge in [0, 0.05) is 17.0 Å². The Morgan fingerprint density at radius 1 is 1.30 bits per heavy atom. The van der Waals surface area contributed by atoms with Crippen molar-refractivity contribution in [3.8, 4) is 5.75 Å². The van der Waals surface area contributed by atoms with Crippen molar-refractivity contribution in [2.24, 2.45) is 0 Å². The van der Waals surface area contributed by atoms with Crippen molar-refractivity contribution in [1.29, 1.82) is 0 Å². The molecule has 0 fully saturated rings. The lowest BCUT2D eigenvalue weighted by Gasteiger charge is -2.12. The monoisotopic (exact) mass is 355 g/mol. The molecule has 1 N–H and O–H groups in total. The molecule has 0 atom stereocenters. The van der Waals surface area contributed by atoms with E-state index in [1.807, 2.05) is 18.2 Å². The number of nitrogens with one attached hydrogen (secondary N) is 1. The lowest BCUT2D eigenvalue weighted by Crippen LogP contribution is -2.01. The molecule has 2 aromatic rings. The maximum atomic E-state index is 6.03. The van der Waals surface area contributed by atoms with Gasteiger partial charge in [0.05, 0.1) is 12.8 Å². The van der Waals surface area contributed by atoms with Crippen LogP contribution in [0.2, 0.25) is 5.15 Å². The fraction of sp³-hybridized carbons (Fsp3) is 0.286. The highest BCUT2D eigenvalue weighted by molar-refractivity contribution is 9.10. The molecule has 0 saturated carbocycles. The van der Waals surface area contributed by atoms with Crippen LogP contribution in [0.1, 0.15) is 19.2 Å². The van der Waals surface area contributed by atoms with E-state index in [1.54, 1.807) is 13.2 Å². The van der Waals surface area contributed by atoms with Crippen molar-refractivity contribution in [2.45, 2.75) is 19.8 Å². The first-order valence-electron chi connectivity index (χ1n) is 6.26. The zero-order chi connectivity index (χ0) is 14.5. The third kappa shape index (κ3) is 3.84. The molecule has 0 saturated heterocycles. The number of aryl methyl sites for hydroxylation is 1. The maximum Gasteiger partial charge on any atom is 0.142 e. The maximum absolute atomic E-state index is 6.03. The van der Waals surface area contributed by atoms with Crippen LogP contribution in [0.3, 0.4) is 0 Å². The molecule has 1 heterocycles. The molecule has 2 rings (SSSR count). The Balaban J connectivity index is 2.31. The third-order valence-corrected chi connectivity index (χ3v) is 3.33. The van der Waals surface area contributed by atoms with Gasteiger partial charge < -0.3 is 10.1 Å². The highest BCUT2D eigenvalue weighted by Crippen LogP contribution is 2.30. The van der Waals surface area contributed by atoms with E-state index in [9.17, 15) is 0 Å². The number of aromatic nitrogens is 2.